The summed E-state index contributed by atoms with van der Waals surface area (Å²) >= 11 is 7.50. The van der Waals surface area contributed by atoms with Crippen LogP contribution in [0.5, 0.6) is 5.75 Å². The highest BCUT2D eigenvalue weighted by Gasteiger charge is 2.31. The summed E-state index contributed by atoms with van der Waals surface area (Å²) in [7, 11) is 1.48. The lowest BCUT2D eigenvalue weighted by Gasteiger charge is -2.31. The molecule has 2 heterocycles. The molecule has 1 aromatic heterocycles. The largest absolute Gasteiger partial charge is 0.495 e. The highest BCUT2D eigenvalue weighted by Crippen LogP contribution is 2.31. The molecule has 31 heavy (non-hydrogen) atoms. The topological polar surface area (TPSA) is 84.9 Å². The van der Waals surface area contributed by atoms with E-state index in [9.17, 15) is 14.4 Å². The zero-order valence-corrected chi connectivity index (χ0v) is 19.2. The number of halogens is 1. The summed E-state index contributed by atoms with van der Waals surface area (Å²) in [4.78, 5) is 40.0. The summed E-state index contributed by atoms with van der Waals surface area (Å²) in [5.74, 6) is -0.814. The number of ether oxygens (including phenoxy) is 2. The van der Waals surface area contributed by atoms with E-state index in [0.29, 0.717) is 47.3 Å². The van der Waals surface area contributed by atoms with E-state index in [1.165, 1.54) is 25.4 Å². The standard InChI is InChI=1S/C22H25ClN2O5S/c1-13-11-17(18(29-3)12-16(13)23)24-20(26)14(2)30-22(28)15-6-8-25(9-7-15)21(27)19-5-4-10-31-19/h4-5,10-12,14-15H,6-9H2,1-3H3,(H,24,26). The van der Waals surface area contributed by atoms with Gasteiger partial charge >= 0.3 is 5.97 Å². The third kappa shape index (κ3) is 5.57. The Kier molecular flexibility index (Phi) is 7.56. The highest BCUT2D eigenvalue weighted by molar-refractivity contribution is 7.12. The van der Waals surface area contributed by atoms with Crippen molar-refractivity contribution >= 4 is 46.4 Å². The van der Waals surface area contributed by atoms with Crippen molar-refractivity contribution < 1.29 is 23.9 Å². The van der Waals surface area contributed by atoms with Crippen molar-refractivity contribution in [2.24, 2.45) is 5.92 Å². The summed E-state index contributed by atoms with van der Waals surface area (Å²) in [6.45, 7) is 4.31. The smallest absolute Gasteiger partial charge is 0.309 e. The van der Waals surface area contributed by atoms with Crippen LogP contribution in [-0.2, 0) is 14.3 Å². The molecule has 3 rings (SSSR count). The Labute approximate surface area is 190 Å². The molecule has 7 nitrogen and oxygen atoms in total. The van der Waals surface area contributed by atoms with E-state index in [4.69, 9.17) is 21.1 Å². The molecule has 1 fully saturated rings. The van der Waals surface area contributed by atoms with Crippen molar-refractivity contribution in [2.45, 2.75) is 32.8 Å². The molecule has 2 aromatic rings. The number of thiophene rings is 1. The van der Waals surface area contributed by atoms with Gasteiger partial charge in [0.25, 0.3) is 11.8 Å². The number of carbonyl (C=O) groups excluding carboxylic acids is 3. The van der Waals surface area contributed by atoms with Crippen LogP contribution in [0, 0.1) is 12.8 Å². The van der Waals surface area contributed by atoms with E-state index in [1.807, 2.05) is 18.4 Å². The monoisotopic (exact) mass is 464 g/mol. The fourth-order valence-electron chi connectivity index (χ4n) is 3.36. The van der Waals surface area contributed by atoms with Gasteiger partial charge in [0.2, 0.25) is 0 Å². The maximum Gasteiger partial charge on any atom is 0.309 e. The van der Waals surface area contributed by atoms with Gasteiger partial charge in [0.1, 0.15) is 5.75 Å². The molecule has 1 aromatic carbocycles. The molecule has 1 aliphatic heterocycles. The number of carbonyl (C=O) groups is 3. The minimum absolute atomic E-state index is 0.0123. The van der Waals surface area contributed by atoms with Crippen LogP contribution in [-0.4, -0.2) is 49.0 Å². The van der Waals surface area contributed by atoms with Crippen LogP contribution < -0.4 is 10.1 Å². The summed E-state index contributed by atoms with van der Waals surface area (Å²) in [5, 5.41) is 5.12. The molecule has 0 bridgehead atoms. The van der Waals surface area contributed by atoms with Crippen LogP contribution in [0.3, 0.4) is 0 Å². The van der Waals surface area contributed by atoms with Crippen molar-refractivity contribution in [1.29, 1.82) is 0 Å². The molecular formula is C22H25ClN2O5S. The van der Waals surface area contributed by atoms with Crippen molar-refractivity contribution in [3.63, 3.8) is 0 Å². The predicted octanol–water partition coefficient (Wildman–Crippen LogP) is 4.14. The molecule has 2 amide bonds. The van der Waals surface area contributed by atoms with Gasteiger partial charge in [-0.3, -0.25) is 14.4 Å². The summed E-state index contributed by atoms with van der Waals surface area (Å²) < 4.78 is 10.7. The van der Waals surface area contributed by atoms with Gasteiger partial charge in [-0.15, -0.1) is 11.3 Å². The van der Waals surface area contributed by atoms with E-state index < -0.39 is 18.0 Å². The number of aryl methyl sites for hydroxylation is 1. The fourth-order valence-corrected chi connectivity index (χ4v) is 4.21. The van der Waals surface area contributed by atoms with E-state index >= 15 is 0 Å². The van der Waals surface area contributed by atoms with Crippen LogP contribution in [0.4, 0.5) is 5.69 Å². The van der Waals surface area contributed by atoms with Gasteiger partial charge in [-0.05, 0) is 49.8 Å². The average Bonchev–Trinajstić information content (AvgIpc) is 3.30. The first-order valence-electron chi connectivity index (χ1n) is 9.98. The number of benzene rings is 1. The third-order valence-electron chi connectivity index (χ3n) is 5.25. The Bertz CT molecular complexity index is 955. The molecule has 0 saturated carbocycles. The highest BCUT2D eigenvalue weighted by atomic mass is 35.5. The zero-order chi connectivity index (χ0) is 22.5. The van der Waals surface area contributed by atoms with Gasteiger partial charge in [0, 0.05) is 24.2 Å². The molecule has 0 aliphatic carbocycles. The molecule has 9 heteroatoms. The molecule has 0 radical (unpaired) electrons. The van der Waals surface area contributed by atoms with Gasteiger partial charge in [-0.2, -0.15) is 0 Å². The van der Waals surface area contributed by atoms with Gasteiger partial charge < -0.3 is 19.7 Å². The average molecular weight is 465 g/mol. The van der Waals surface area contributed by atoms with Crippen LogP contribution in [0.2, 0.25) is 5.02 Å². The van der Waals surface area contributed by atoms with Crippen LogP contribution in [0.1, 0.15) is 35.0 Å². The second-order valence-corrected chi connectivity index (χ2v) is 8.77. The van der Waals surface area contributed by atoms with Crippen LogP contribution in [0.15, 0.2) is 29.6 Å². The fraction of sp³-hybridized carbons (Fsp3) is 0.409. The van der Waals surface area contributed by atoms with E-state index in [0.717, 1.165) is 5.56 Å². The second-order valence-electron chi connectivity index (χ2n) is 7.41. The molecule has 1 unspecified atom stereocenters. The molecule has 1 aliphatic rings. The maximum atomic E-state index is 12.5. The van der Waals surface area contributed by atoms with Gasteiger partial charge in [0.05, 0.1) is 23.6 Å². The lowest BCUT2D eigenvalue weighted by molar-refractivity contribution is -0.158. The zero-order valence-electron chi connectivity index (χ0n) is 17.6. The first-order valence-corrected chi connectivity index (χ1v) is 11.2. The predicted molar refractivity (Wildman–Crippen MR) is 120 cm³/mol. The van der Waals surface area contributed by atoms with E-state index in [1.54, 1.807) is 23.1 Å². The number of likely N-dealkylation sites (tertiary alicyclic amines) is 1. The number of amides is 2. The summed E-state index contributed by atoms with van der Waals surface area (Å²) in [6, 6.07) is 6.96. The Morgan fingerprint density at radius 3 is 2.58 bits per heavy atom. The quantitative estimate of drug-likeness (QED) is 0.649. The molecule has 1 saturated heterocycles. The van der Waals surface area contributed by atoms with E-state index in [2.05, 4.69) is 5.32 Å². The maximum absolute atomic E-state index is 12.5. The van der Waals surface area contributed by atoms with Gasteiger partial charge in [-0.1, -0.05) is 17.7 Å². The minimum atomic E-state index is -0.973. The Hall–Kier alpha value is -2.58. The first kappa shape index (κ1) is 23.1. The number of methoxy groups -OCH3 is 1. The number of anilines is 1. The molecular weight excluding hydrogens is 440 g/mol. The number of hydrogen-bond acceptors (Lipinski definition) is 6. The van der Waals surface area contributed by atoms with Crippen molar-refractivity contribution in [3.8, 4) is 5.75 Å². The number of piperidine rings is 1. The number of esters is 1. The van der Waals surface area contributed by atoms with Gasteiger partial charge in [-0.25, -0.2) is 0 Å². The molecule has 0 spiro atoms. The van der Waals surface area contributed by atoms with Crippen molar-refractivity contribution in [1.82, 2.24) is 4.90 Å². The SMILES string of the molecule is COc1cc(Cl)c(C)cc1NC(=O)C(C)OC(=O)C1CCN(C(=O)c2cccs2)CC1. The second kappa shape index (κ2) is 10.2. The Morgan fingerprint density at radius 1 is 1.26 bits per heavy atom. The molecule has 1 N–H and O–H groups in total. The van der Waals surface area contributed by atoms with Crippen molar-refractivity contribution in [3.05, 3.63) is 45.1 Å². The number of nitrogens with one attached hydrogen (secondary N) is 1. The lowest BCUT2D eigenvalue weighted by atomic mass is 9.97. The van der Waals surface area contributed by atoms with Crippen molar-refractivity contribution in [2.75, 3.05) is 25.5 Å². The lowest BCUT2D eigenvalue weighted by Crippen LogP contribution is -2.41. The Balaban J connectivity index is 1.52. The number of rotatable bonds is 6. The summed E-state index contributed by atoms with van der Waals surface area (Å²) in [6.07, 6.45) is 0.0437. The first-order chi connectivity index (χ1) is 14.8. The Morgan fingerprint density at radius 2 is 1.97 bits per heavy atom. The normalized spacial score (nSPS) is 15.3. The summed E-state index contributed by atoms with van der Waals surface area (Å²) in [5.41, 5.74) is 1.24. The van der Waals surface area contributed by atoms with E-state index in [-0.39, 0.29) is 11.8 Å². The number of nitrogens with zero attached hydrogens (tertiary/aromatic N) is 1. The number of hydrogen-bond donors (Lipinski definition) is 1. The molecule has 166 valence electrons. The van der Waals surface area contributed by atoms with Crippen LogP contribution in [0.25, 0.3) is 0 Å². The minimum Gasteiger partial charge on any atom is -0.495 e. The van der Waals surface area contributed by atoms with Crippen LogP contribution >= 0.6 is 22.9 Å². The third-order valence-corrected chi connectivity index (χ3v) is 6.51. The van der Waals surface area contributed by atoms with Gasteiger partial charge in [0.15, 0.2) is 6.10 Å². The molecule has 1 atom stereocenters.